The molecule has 2 aromatic carbocycles. The third-order valence-corrected chi connectivity index (χ3v) is 4.02. The van der Waals surface area contributed by atoms with Crippen LogP contribution in [-0.2, 0) is 10.0 Å². The molecule has 0 aromatic heterocycles. The number of para-hydroxylation sites is 1. The molecule has 0 heterocycles. The molecular weight excluding hydrogens is 309 g/mol. The van der Waals surface area contributed by atoms with Gasteiger partial charge in [0.1, 0.15) is 5.82 Å². The first-order chi connectivity index (χ1) is 10.4. The van der Waals surface area contributed by atoms with Crippen molar-refractivity contribution in [2.24, 2.45) is 0 Å². The maximum Gasteiger partial charge on any atom is 0.334 e. The molecular formula is C14H14FN3O3S. The highest BCUT2D eigenvalue weighted by atomic mass is 32.2. The lowest BCUT2D eigenvalue weighted by Gasteiger charge is -2.10. The quantitative estimate of drug-likeness (QED) is 0.753. The standard InChI is InChI=1S/C14H14FN3O3S/c1-10-6-8-11(9-7-10)22(20,21)18-17-14(19)16-13-5-3-2-4-12(13)15/h2-9,18H,1H3,(H2,16,17,19). The molecule has 2 rings (SSSR count). The SMILES string of the molecule is Cc1ccc(S(=O)(=O)NNC(=O)Nc2ccccc2F)cc1. The second kappa shape index (κ2) is 6.54. The van der Waals surface area contributed by atoms with Crippen LogP contribution in [-0.4, -0.2) is 14.4 Å². The van der Waals surface area contributed by atoms with E-state index in [-0.39, 0.29) is 10.6 Å². The Morgan fingerprint density at radius 3 is 2.32 bits per heavy atom. The van der Waals surface area contributed by atoms with Crippen molar-refractivity contribution >= 4 is 21.7 Å². The Morgan fingerprint density at radius 1 is 1.05 bits per heavy atom. The zero-order chi connectivity index (χ0) is 16.2. The van der Waals surface area contributed by atoms with E-state index in [2.05, 4.69) is 5.32 Å². The number of rotatable bonds is 4. The van der Waals surface area contributed by atoms with Crippen LogP contribution in [0.3, 0.4) is 0 Å². The molecule has 0 unspecified atom stereocenters. The number of aryl methyl sites for hydroxylation is 1. The molecule has 0 aliphatic heterocycles. The van der Waals surface area contributed by atoms with Crippen LogP contribution in [0.5, 0.6) is 0 Å². The van der Waals surface area contributed by atoms with Gasteiger partial charge in [0.05, 0.1) is 10.6 Å². The zero-order valence-corrected chi connectivity index (χ0v) is 12.4. The molecule has 3 N–H and O–H groups in total. The maximum absolute atomic E-state index is 13.3. The molecule has 0 fully saturated rings. The summed E-state index contributed by atoms with van der Waals surface area (Å²) in [5.74, 6) is -0.626. The summed E-state index contributed by atoms with van der Waals surface area (Å²) in [7, 11) is -3.89. The van der Waals surface area contributed by atoms with Gasteiger partial charge in [-0.15, -0.1) is 4.83 Å². The summed E-state index contributed by atoms with van der Waals surface area (Å²) >= 11 is 0. The lowest BCUT2D eigenvalue weighted by Crippen LogP contribution is -2.43. The molecule has 0 saturated heterocycles. The lowest BCUT2D eigenvalue weighted by atomic mass is 10.2. The molecule has 0 aliphatic rings. The molecule has 22 heavy (non-hydrogen) atoms. The molecule has 2 amide bonds. The van der Waals surface area contributed by atoms with Gasteiger partial charge in [0, 0.05) is 0 Å². The molecule has 116 valence electrons. The molecule has 8 heteroatoms. The fourth-order valence-electron chi connectivity index (χ4n) is 1.61. The summed E-state index contributed by atoms with van der Waals surface area (Å²) in [6.45, 7) is 1.82. The van der Waals surface area contributed by atoms with Gasteiger partial charge in [0.2, 0.25) is 0 Å². The molecule has 0 saturated carbocycles. The Bertz CT molecular complexity index is 776. The molecule has 0 atom stereocenters. The Labute approximate surface area is 127 Å². The Hall–Kier alpha value is -2.45. The summed E-state index contributed by atoms with van der Waals surface area (Å²) in [6.07, 6.45) is 0. The first kappa shape index (κ1) is 15.9. The highest BCUT2D eigenvalue weighted by Gasteiger charge is 2.15. The minimum absolute atomic E-state index is 0.00397. The van der Waals surface area contributed by atoms with E-state index in [0.717, 1.165) is 5.56 Å². The summed E-state index contributed by atoms with van der Waals surface area (Å²) in [5, 5.41) is 2.19. The van der Waals surface area contributed by atoms with Crippen LogP contribution in [0, 0.1) is 12.7 Å². The first-order valence-electron chi connectivity index (χ1n) is 6.28. The monoisotopic (exact) mass is 323 g/mol. The van der Waals surface area contributed by atoms with Gasteiger partial charge in [0.25, 0.3) is 10.0 Å². The summed E-state index contributed by atoms with van der Waals surface area (Å²) in [6, 6.07) is 10.7. The van der Waals surface area contributed by atoms with Gasteiger partial charge in [-0.3, -0.25) is 5.43 Å². The van der Waals surface area contributed by atoms with E-state index in [9.17, 15) is 17.6 Å². The predicted octanol–water partition coefficient (Wildman–Crippen LogP) is 2.15. The van der Waals surface area contributed by atoms with Crippen molar-refractivity contribution in [2.75, 3.05) is 5.32 Å². The minimum Gasteiger partial charge on any atom is -0.304 e. The van der Waals surface area contributed by atoms with Gasteiger partial charge in [-0.1, -0.05) is 29.8 Å². The Balaban J connectivity index is 1.98. The largest absolute Gasteiger partial charge is 0.334 e. The van der Waals surface area contributed by atoms with Gasteiger partial charge in [0.15, 0.2) is 0 Å². The lowest BCUT2D eigenvalue weighted by molar-refractivity contribution is 0.250. The topological polar surface area (TPSA) is 87.3 Å². The normalized spacial score (nSPS) is 11.0. The van der Waals surface area contributed by atoms with Crippen molar-refractivity contribution in [3.8, 4) is 0 Å². The third kappa shape index (κ3) is 4.03. The van der Waals surface area contributed by atoms with E-state index in [4.69, 9.17) is 0 Å². The molecule has 2 aromatic rings. The number of benzene rings is 2. The summed E-state index contributed by atoms with van der Waals surface area (Å²) in [4.78, 5) is 13.5. The second-order valence-electron chi connectivity index (χ2n) is 4.48. The molecule has 0 spiro atoms. The van der Waals surface area contributed by atoms with Crippen molar-refractivity contribution in [3.05, 3.63) is 59.9 Å². The number of amides is 2. The number of hydrogen-bond acceptors (Lipinski definition) is 3. The maximum atomic E-state index is 13.3. The molecule has 6 nitrogen and oxygen atoms in total. The van der Waals surface area contributed by atoms with Crippen molar-refractivity contribution in [3.63, 3.8) is 0 Å². The third-order valence-electron chi connectivity index (χ3n) is 2.75. The average Bonchev–Trinajstić information content (AvgIpc) is 2.48. The van der Waals surface area contributed by atoms with E-state index in [0.29, 0.717) is 0 Å². The van der Waals surface area contributed by atoms with Gasteiger partial charge < -0.3 is 5.32 Å². The summed E-state index contributed by atoms with van der Waals surface area (Å²) in [5.41, 5.74) is 2.80. The Kier molecular flexibility index (Phi) is 4.74. The molecule has 0 aliphatic carbocycles. The number of halogens is 1. The predicted molar refractivity (Wildman–Crippen MR) is 80.1 cm³/mol. The van der Waals surface area contributed by atoms with Crippen molar-refractivity contribution in [1.29, 1.82) is 0 Å². The van der Waals surface area contributed by atoms with Crippen LogP contribution in [0.1, 0.15) is 5.56 Å². The van der Waals surface area contributed by atoms with Crippen molar-refractivity contribution in [1.82, 2.24) is 10.3 Å². The van der Waals surface area contributed by atoms with Crippen LogP contribution in [0.25, 0.3) is 0 Å². The van der Waals surface area contributed by atoms with Crippen LogP contribution in [0.4, 0.5) is 14.9 Å². The fraction of sp³-hybridized carbons (Fsp3) is 0.0714. The highest BCUT2D eigenvalue weighted by molar-refractivity contribution is 7.89. The number of urea groups is 1. The van der Waals surface area contributed by atoms with Crippen LogP contribution >= 0.6 is 0 Å². The summed E-state index contributed by atoms with van der Waals surface area (Å²) < 4.78 is 37.2. The van der Waals surface area contributed by atoms with E-state index in [1.807, 2.05) is 17.2 Å². The second-order valence-corrected chi connectivity index (χ2v) is 6.16. The zero-order valence-electron chi connectivity index (χ0n) is 11.6. The number of hydrazine groups is 1. The molecule has 0 radical (unpaired) electrons. The minimum atomic E-state index is -3.89. The Morgan fingerprint density at radius 2 is 1.68 bits per heavy atom. The van der Waals surface area contributed by atoms with Gasteiger partial charge in [-0.05, 0) is 31.2 Å². The van der Waals surface area contributed by atoms with Crippen LogP contribution < -0.4 is 15.6 Å². The average molecular weight is 323 g/mol. The number of nitrogens with one attached hydrogen (secondary N) is 3. The van der Waals surface area contributed by atoms with E-state index in [1.165, 1.54) is 36.4 Å². The van der Waals surface area contributed by atoms with Crippen LogP contribution in [0.15, 0.2) is 53.4 Å². The number of hydrogen-bond donors (Lipinski definition) is 3. The van der Waals surface area contributed by atoms with E-state index < -0.39 is 21.9 Å². The number of anilines is 1. The van der Waals surface area contributed by atoms with Crippen LogP contribution in [0.2, 0.25) is 0 Å². The van der Waals surface area contributed by atoms with Gasteiger partial charge in [-0.2, -0.15) is 0 Å². The van der Waals surface area contributed by atoms with Crippen molar-refractivity contribution < 1.29 is 17.6 Å². The van der Waals surface area contributed by atoms with E-state index >= 15 is 0 Å². The fourth-order valence-corrected chi connectivity index (χ4v) is 2.45. The first-order valence-corrected chi connectivity index (χ1v) is 7.77. The number of carbonyl (C=O) groups excluding carboxylic acids is 1. The van der Waals surface area contributed by atoms with E-state index in [1.54, 1.807) is 12.1 Å². The smallest absolute Gasteiger partial charge is 0.304 e. The highest BCUT2D eigenvalue weighted by Crippen LogP contribution is 2.12. The number of carbonyl (C=O) groups is 1. The number of sulfonamides is 1. The van der Waals surface area contributed by atoms with Gasteiger partial charge >= 0.3 is 6.03 Å². The van der Waals surface area contributed by atoms with Crippen molar-refractivity contribution in [2.45, 2.75) is 11.8 Å². The molecule has 0 bridgehead atoms. The van der Waals surface area contributed by atoms with Gasteiger partial charge in [-0.25, -0.2) is 17.6 Å².